The lowest BCUT2D eigenvalue weighted by Crippen LogP contribution is -2.55. The topological polar surface area (TPSA) is 20.0 Å². The van der Waals surface area contributed by atoms with E-state index in [2.05, 4.69) is 150 Å². The Balaban J connectivity index is 1.52. The van der Waals surface area contributed by atoms with Crippen LogP contribution < -0.4 is 5.32 Å². The number of para-hydroxylation sites is 1. The third-order valence-electron chi connectivity index (χ3n) is 8.54. The fourth-order valence-electron chi connectivity index (χ4n) is 6.90. The molecule has 2 atom stereocenters. The summed E-state index contributed by atoms with van der Waals surface area (Å²) in [6.07, 6.45) is 0.0255. The van der Waals surface area contributed by atoms with Crippen LogP contribution in [-0.4, -0.2) is 15.2 Å². The zero-order valence-electron chi connectivity index (χ0n) is 22.2. The van der Waals surface area contributed by atoms with Gasteiger partial charge in [0, 0.05) is 22.3 Å². The Labute approximate surface area is 228 Å². The first-order valence-corrected chi connectivity index (χ1v) is 13.9. The third-order valence-corrected chi connectivity index (χ3v) is 8.54. The molecule has 2 aliphatic rings. The molecule has 0 spiro atoms. The second kappa shape index (κ2) is 8.44. The number of amidine groups is 1. The maximum absolute atomic E-state index is 3.82. The Morgan fingerprint density at radius 2 is 1.36 bits per heavy atom. The minimum atomic E-state index is 0.0255. The second-order valence-corrected chi connectivity index (χ2v) is 11.1. The van der Waals surface area contributed by atoms with Crippen molar-refractivity contribution in [3.05, 3.63) is 144 Å². The quantitative estimate of drug-likeness (QED) is 0.241. The molecule has 1 aliphatic carbocycles. The van der Waals surface area contributed by atoms with Crippen molar-refractivity contribution in [1.29, 1.82) is 0 Å². The first-order chi connectivity index (χ1) is 19.2. The van der Waals surface area contributed by atoms with Crippen LogP contribution in [0.1, 0.15) is 48.2 Å². The Morgan fingerprint density at radius 3 is 2.15 bits per heavy atom. The molecule has 5 aromatic carbocycles. The third kappa shape index (κ3) is 3.13. The molecule has 39 heavy (non-hydrogen) atoms. The summed E-state index contributed by atoms with van der Waals surface area (Å²) < 4.78 is 5.00. The Kier molecular flexibility index (Phi) is 4.84. The van der Waals surface area contributed by atoms with Crippen molar-refractivity contribution in [3.8, 4) is 11.1 Å². The van der Waals surface area contributed by atoms with Crippen molar-refractivity contribution < 1.29 is 4.68 Å². The minimum absolute atomic E-state index is 0.0255. The molecule has 1 N–H and O–H groups in total. The molecule has 3 heteroatoms. The Morgan fingerprint density at radius 1 is 0.667 bits per heavy atom. The zero-order valence-corrected chi connectivity index (χ0v) is 22.2. The number of rotatable bonds is 4. The van der Waals surface area contributed by atoms with E-state index >= 15 is 0 Å². The van der Waals surface area contributed by atoms with Gasteiger partial charge in [0.2, 0.25) is 0 Å². The van der Waals surface area contributed by atoms with Gasteiger partial charge in [0.25, 0.3) is 6.17 Å². The maximum Gasteiger partial charge on any atom is 0.308 e. The summed E-state index contributed by atoms with van der Waals surface area (Å²) in [5.41, 5.74) is 10.6. The first kappa shape index (κ1) is 22.4. The predicted molar refractivity (Wildman–Crippen MR) is 160 cm³/mol. The number of fused-ring (bicyclic) bond motifs is 7. The van der Waals surface area contributed by atoms with Crippen molar-refractivity contribution in [3.63, 3.8) is 0 Å². The van der Waals surface area contributed by atoms with Gasteiger partial charge in [-0.3, -0.25) is 0 Å². The molecule has 0 saturated heterocycles. The van der Waals surface area contributed by atoms with Crippen LogP contribution in [0.25, 0.3) is 32.9 Å². The van der Waals surface area contributed by atoms with Crippen molar-refractivity contribution in [2.24, 2.45) is 5.92 Å². The summed E-state index contributed by atoms with van der Waals surface area (Å²) in [5, 5.41) is 6.43. The van der Waals surface area contributed by atoms with Gasteiger partial charge < -0.3 is 0 Å². The lowest BCUT2D eigenvalue weighted by atomic mass is 9.85. The number of hydrogen-bond donors (Lipinski definition) is 1. The lowest BCUT2D eigenvalue weighted by Gasteiger charge is -2.30. The van der Waals surface area contributed by atoms with Crippen LogP contribution in [0, 0.1) is 5.92 Å². The van der Waals surface area contributed by atoms with E-state index in [4.69, 9.17) is 0 Å². The van der Waals surface area contributed by atoms with E-state index in [0.29, 0.717) is 11.8 Å². The van der Waals surface area contributed by atoms with Gasteiger partial charge in [-0.15, -0.1) is 4.68 Å². The highest BCUT2D eigenvalue weighted by Crippen LogP contribution is 2.52. The van der Waals surface area contributed by atoms with E-state index in [1.165, 1.54) is 55.2 Å². The van der Waals surface area contributed by atoms with Crippen LogP contribution >= 0.6 is 0 Å². The summed E-state index contributed by atoms with van der Waals surface area (Å²) in [6.45, 7) is 4.73. The van der Waals surface area contributed by atoms with Crippen LogP contribution in [-0.2, 0) is 0 Å². The van der Waals surface area contributed by atoms with Gasteiger partial charge in [0.05, 0.1) is 16.6 Å². The first-order valence-electron chi connectivity index (χ1n) is 13.9. The molecule has 1 aromatic heterocycles. The molecule has 2 heterocycles. The number of aromatic nitrogens is 1. The average Bonchev–Trinajstić information content (AvgIpc) is 3.47. The van der Waals surface area contributed by atoms with E-state index in [9.17, 15) is 0 Å². The van der Waals surface area contributed by atoms with Crippen molar-refractivity contribution in [1.82, 2.24) is 9.99 Å². The van der Waals surface area contributed by atoms with Crippen LogP contribution in [0.15, 0.2) is 121 Å². The molecule has 8 rings (SSSR count). The van der Waals surface area contributed by atoms with Crippen molar-refractivity contribution in [2.45, 2.75) is 25.9 Å². The number of benzene rings is 5. The molecule has 0 radical (unpaired) electrons. The van der Waals surface area contributed by atoms with Crippen LogP contribution in [0.5, 0.6) is 0 Å². The fraction of sp³-hybridized carbons (Fsp3) is 0.139. The molecular weight excluding hydrogens is 474 g/mol. The van der Waals surface area contributed by atoms with Gasteiger partial charge >= 0.3 is 5.84 Å². The summed E-state index contributed by atoms with van der Waals surface area (Å²) >= 11 is 0. The maximum atomic E-state index is 3.82. The highest BCUT2D eigenvalue weighted by Gasteiger charge is 2.44. The van der Waals surface area contributed by atoms with Crippen LogP contribution in [0.2, 0.25) is 0 Å². The number of nitrogens with one attached hydrogen (secondary N) is 1. The van der Waals surface area contributed by atoms with E-state index in [1.807, 2.05) is 0 Å². The van der Waals surface area contributed by atoms with Gasteiger partial charge in [-0.1, -0.05) is 117 Å². The largest absolute Gasteiger partial charge is 0.308 e. The van der Waals surface area contributed by atoms with E-state index in [1.54, 1.807) is 0 Å². The normalized spacial score (nSPS) is 17.8. The molecule has 188 valence electrons. The molecular formula is C36H30N3+. The monoisotopic (exact) mass is 504 g/mol. The number of nitrogens with zero attached hydrogens (tertiary/aromatic N) is 2. The molecule has 1 aliphatic heterocycles. The fourth-order valence-corrected chi connectivity index (χ4v) is 6.90. The van der Waals surface area contributed by atoms with Gasteiger partial charge in [-0.05, 0) is 46.4 Å². The number of hydrogen-bond acceptors (Lipinski definition) is 1. The SMILES string of the molecule is CC(C)C1c2ccccc2-c2ccc3c4ccccc4n([N+]4=C(c5ccccc5)NC4c4ccccc4)c3c21. The zero-order chi connectivity index (χ0) is 26.1. The van der Waals surface area contributed by atoms with E-state index in [-0.39, 0.29) is 6.17 Å². The molecule has 6 aromatic rings. The standard InChI is InChI=1S/C36H29N3/c1-23(2)32-28-19-10-9-17-26(28)29-21-22-30-27-18-11-12-20-31(27)38(34(30)33(29)32)39-35(24-13-5-3-6-14-24)37-36(39)25-15-7-4-8-16-25/h3-23,32,35H,1-2H3/p+1. The average molecular weight is 505 g/mol. The van der Waals surface area contributed by atoms with E-state index < -0.39 is 0 Å². The van der Waals surface area contributed by atoms with Crippen molar-refractivity contribution >= 4 is 27.6 Å². The second-order valence-electron chi connectivity index (χ2n) is 11.1. The summed E-state index contributed by atoms with van der Waals surface area (Å²) in [7, 11) is 0. The van der Waals surface area contributed by atoms with Crippen LogP contribution in [0.4, 0.5) is 0 Å². The smallest absolute Gasteiger partial charge is 0.226 e. The highest BCUT2D eigenvalue weighted by atomic mass is 15.6. The van der Waals surface area contributed by atoms with Gasteiger partial charge in [-0.2, -0.15) is 4.68 Å². The molecule has 0 amide bonds. The van der Waals surface area contributed by atoms with E-state index in [0.717, 1.165) is 5.84 Å². The Hall–Kier alpha value is -4.63. The van der Waals surface area contributed by atoms with Crippen molar-refractivity contribution in [2.75, 3.05) is 0 Å². The molecule has 0 saturated carbocycles. The molecule has 3 nitrogen and oxygen atoms in total. The summed E-state index contributed by atoms with van der Waals surface area (Å²) in [5.74, 6) is 1.94. The predicted octanol–water partition coefficient (Wildman–Crippen LogP) is 8.09. The molecule has 0 bridgehead atoms. The van der Waals surface area contributed by atoms with Gasteiger partial charge in [-0.25, -0.2) is 5.32 Å². The van der Waals surface area contributed by atoms with Gasteiger partial charge in [0.1, 0.15) is 0 Å². The molecule has 2 unspecified atom stereocenters. The minimum Gasteiger partial charge on any atom is -0.226 e. The summed E-state index contributed by atoms with van der Waals surface area (Å²) in [4.78, 5) is 0. The summed E-state index contributed by atoms with van der Waals surface area (Å²) in [6, 6.07) is 44.1. The highest BCUT2D eigenvalue weighted by molar-refractivity contribution is 6.11. The molecule has 0 fully saturated rings. The van der Waals surface area contributed by atoms with Crippen LogP contribution in [0.3, 0.4) is 0 Å². The lowest BCUT2D eigenvalue weighted by molar-refractivity contribution is -0.652. The Bertz CT molecular complexity index is 1910. The van der Waals surface area contributed by atoms with Gasteiger partial charge in [0.15, 0.2) is 0 Å².